The van der Waals surface area contributed by atoms with Gasteiger partial charge in [-0.15, -0.1) is 0 Å². The van der Waals surface area contributed by atoms with E-state index in [4.69, 9.17) is 0 Å². The van der Waals surface area contributed by atoms with Crippen LogP contribution in [0.5, 0.6) is 0 Å². The van der Waals surface area contributed by atoms with Gasteiger partial charge in [-0.3, -0.25) is 9.79 Å². The van der Waals surface area contributed by atoms with Gasteiger partial charge in [0.25, 0.3) is 0 Å². The summed E-state index contributed by atoms with van der Waals surface area (Å²) in [5.74, 6) is 0.0728. The molecule has 0 aromatic heterocycles. The van der Waals surface area contributed by atoms with E-state index < -0.39 is 0 Å². The lowest BCUT2D eigenvalue weighted by molar-refractivity contribution is -0.128. The molecule has 0 aliphatic heterocycles. The van der Waals surface area contributed by atoms with Gasteiger partial charge in [0, 0.05) is 24.4 Å². The second-order valence-electron chi connectivity index (χ2n) is 4.58. The highest BCUT2D eigenvalue weighted by Crippen LogP contribution is 2.12. The first kappa shape index (κ1) is 14.6. The molecule has 1 amide bonds. The minimum atomic E-state index is -0.328. The predicted molar refractivity (Wildman–Crippen MR) is 69.5 cm³/mol. The highest BCUT2D eigenvalue weighted by molar-refractivity contribution is 5.82. The van der Waals surface area contributed by atoms with Gasteiger partial charge in [-0.05, 0) is 18.9 Å². The molecule has 0 aliphatic carbocycles. The van der Waals surface area contributed by atoms with E-state index in [-0.39, 0.29) is 11.3 Å². The fourth-order valence-corrected chi connectivity index (χ4v) is 1.02. The molecule has 90 valence electrons. The number of nitrogens with zero attached hydrogens (tertiary/aromatic N) is 1. The van der Waals surface area contributed by atoms with Crippen LogP contribution >= 0.6 is 0 Å². The van der Waals surface area contributed by atoms with Crippen molar-refractivity contribution in [3.63, 3.8) is 0 Å². The molecule has 0 aromatic carbocycles. The van der Waals surface area contributed by atoms with Crippen LogP contribution in [0.15, 0.2) is 29.4 Å². The summed E-state index contributed by atoms with van der Waals surface area (Å²) in [6, 6.07) is 0. The number of nitrogens with one attached hydrogen (secondary N) is 1. The van der Waals surface area contributed by atoms with Crippen molar-refractivity contribution in [2.75, 3.05) is 6.54 Å². The summed E-state index contributed by atoms with van der Waals surface area (Å²) >= 11 is 0. The van der Waals surface area contributed by atoms with Gasteiger partial charge >= 0.3 is 0 Å². The summed E-state index contributed by atoms with van der Waals surface area (Å²) in [4.78, 5) is 15.5. The van der Waals surface area contributed by atoms with E-state index in [2.05, 4.69) is 16.9 Å². The quantitative estimate of drug-likeness (QED) is 0.714. The molecular weight excluding hydrogens is 200 g/mol. The Hall–Kier alpha value is -1.38. The van der Waals surface area contributed by atoms with Crippen molar-refractivity contribution in [3.05, 3.63) is 24.4 Å². The first-order valence-electron chi connectivity index (χ1n) is 5.49. The number of hydrogen-bond acceptors (Lipinski definition) is 2. The van der Waals surface area contributed by atoms with E-state index in [0.29, 0.717) is 6.54 Å². The van der Waals surface area contributed by atoms with Gasteiger partial charge in [0.1, 0.15) is 0 Å². The fourth-order valence-electron chi connectivity index (χ4n) is 1.02. The number of aliphatic imine (C=N–C) groups is 1. The molecule has 3 heteroatoms. The van der Waals surface area contributed by atoms with Gasteiger partial charge in [0.2, 0.25) is 5.91 Å². The highest BCUT2D eigenvalue weighted by atomic mass is 16.2. The largest absolute Gasteiger partial charge is 0.355 e. The van der Waals surface area contributed by atoms with Crippen LogP contribution in [0.25, 0.3) is 0 Å². The maximum absolute atomic E-state index is 11.6. The van der Waals surface area contributed by atoms with Crippen LogP contribution in [0.2, 0.25) is 0 Å². The van der Waals surface area contributed by atoms with Crippen molar-refractivity contribution in [2.24, 2.45) is 10.4 Å². The molecule has 0 rings (SSSR count). The Bertz CT molecular complexity index is 296. The summed E-state index contributed by atoms with van der Waals surface area (Å²) in [7, 11) is 0. The third-order valence-electron chi connectivity index (χ3n) is 2.10. The van der Waals surface area contributed by atoms with Gasteiger partial charge in [-0.2, -0.15) is 0 Å². The normalized spacial score (nSPS) is 12.9. The average molecular weight is 222 g/mol. The van der Waals surface area contributed by atoms with Crippen LogP contribution in [-0.4, -0.2) is 18.7 Å². The minimum Gasteiger partial charge on any atom is -0.355 e. The molecule has 0 atom stereocenters. The van der Waals surface area contributed by atoms with Crippen LogP contribution in [0, 0.1) is 5.41 Å². The van der Waals surface area contributed by atoms with Gasteiger partial charge in [0.15, 0.2) is 0 Å². The van der Waals surface area contributed by atoms with E-state index in [9.17, 15) is 4.79 Å². The van der Waals surface area contributed by atoms with E-state index in [1.165, 1.54) is 6.20 Å². The van der Waals surface area contributed by atoms with Crippen LogP contribution in [0.1, 0.15) is 34.1 Å². The lowest BCUT2D eigenvalue weighted by atomic mass is 9.95. The number of carbonyl (C=O) groups is 1. The Morgan fingerprint density at radius 3 is 2.50 bits per heavy atom. The van der Waals surface area contributed by atoms with Gasteiger partial charge < -0.3 is 5.32 Å². The van der Waals surface area contributed by atoms with Crippen LogP contribution < -0.4 is 5.32 Å². The summed E-state index contributed by atoms with van der Waals surface area (Å²) in [6.07, 6.45) is 6.03. The maximum Gasteiger partial charge on any atom is 0.225 e. The van der Waals surface area contributed by atoms with E-state index in [1.807, 2.05) is 33.8 Å². The van der Waals surface area contributed by atoms with Gasteiger partial charge in [0.05, 0.1) is 0 Å². The molecule has 0 unspecified atom stereocenters. The van der Waals surface area contributed by atoms with Crippen LogP contribution in [0.4, 0.5) is 0 Å². The Labute approximate surface area is 98.3 Å². The smallest absolute Gasteiger partial charge is 0.225 e. The molecule has 16 heavy (non-hydrogen) atoms. The Morgan fingerprint density at radius 1 is 1.44 bits per heavy atom. The molecule has 0 saturated carbocycles. The number of hydrogen-bond donors (Lipinski definition) is 1. The van der Waals surface area contributed by atoms with Gasteiger partial charge in [-0.25, -0.2) is 0 Å². The lowest BCUT2D eigenvalue weighted by Gasteiger charge is -2.17. The van der Waals surface area contributed by atoms with Crippen molar-refractivity contribution in [1.82, 2.24) is 5.32 Å². The molecule has 3 nitrogen and oxygen atoms in total. The topological polar surface area (TPSA) is 41.5 Å². The highest BCUT2D eigenvalue weighted by Gasteiger charge is 2.20. The Balaban J connectivity index is 4.03. The van der Waals surface area contributed by atoms with E-state index >= 15 is 0 Å². The molecule has 0 saturated heterocycles. The summed E-state index contributed by atoms with van der Waals surface area (Å²) in [5.41, 5.74) is 0.764. The van der Waals surface area contributed by atoms with Gasteiger partial charge in [-0.1, -0.05) is 33.4 Å². The molecule has 0 fully saturated rings. The zero-order valence-electron chi connectivity index (χ0n) is 10.7. The fraction of sp³-hybridized carbons (Fsp3) is 0.538. The van der Waals surface area contributed by atoms with Crippen LogP contribution in [0.3, 0.4) is 0 Å². The van der Waals surface area contributed by atoms with Crippen molar-refractivity contribution in [2.45, 2.75) is 34.1 Å². The molecule has 0 aromatic rings. The van der Waals surface area contributed by atoms with Crippen molar-refractivity contribution in [1.29, 1.82) is 0 Å². The zero-order valence-corrected chi connectivity index (χ0v) is 10.7. The lowest BCUT2D eigenvalue weighted by Crippen LogP contribution is -2.35. The van der Waals surface area contributed by atoms with E-state index in [1.54, 1.807) is 6.21 Å². The number of amides is 1. The molecule has 0 radical (unpaired) electrons. The number of rotatable bonds is 5. The third-order valence-corrected chi connectivity index (χ3v) is 2.10. The second kappa shape index (κ2) is 6.99. The van der Waals surface area contributed by atoms with Crippen molar-refractivity contribution < 1.29 is 4.79 Å². The third kappa shape index (κ3) is 6.17. The predicted octanol–water partition coefficient (Wildman–Crippen LogP) is 2.70. The molecule has 0 heterocycles. The summed E-state index contributed by atoms with van der Waals surface area (Å²) < 4.78 is 0. The van der Waals surface area contributed by atoms with E-state index in [0.717, 1.165) is 12.0 Å². The summed E-state index contributed by atoms with van der Waals surface area (Å²) in [5, 5.41) is 2.90. The second-order valence-corrected chi connectivity index (χ2v) is 4.58. The zero-order chi connectivity index (χ0) is 12.6. The minimum absolute atomic E-state index is 0.0728. The Morgan fingerprint density at radius 2 is 2.06 bits per heavy atom. The SMILES string of the molecule is C=CN=C/C(=C\C)CCNC(=O)C(C)(C)C. The van der Waals surface area contributed by atoms with Crippen LogP contribution in [-0.2, 0) is 4.79 Å². The number of allylic oxidation sites excluding steroid dienone is 1. The summed E-state index contributed by atoms with van der Waals surface area (Å²) in [6.45, 7) is 11.8. The maximum atomic E-state index is 11.6. The first-order valence-corrected chi connectivity index (χ1v) is 5.49. The standard InChI is InChI=1S/C13H22N2O/c1-6-11(10-14-7-2)8-9-15-12(16)13(3,4)5/h6-7,10H,2,8-9H2,1,3-5H3,(H,15,16)/b11-6-,14-10?. The number of carbonyl (C=O) groups excluding carboxylic acids is 1. The molecule has 0 bridgehead atoms. The molecule has 0 spiro atoms. The van der Waals surface area contributed by atoms with Crippen molar-refractivity contribution in [3.8, 4) is 0 Å². The molecular formula is C13H22N2O. The molecule has 0 aliphatic rings. The average Bonchev–Trinajstić information content (AvgIpc) is 2.21. The monoisotopic (exact) mass is 222 g/mol. The first-order chi connectivity index (χ1) is 7.41. The molecule has 1 N–H and O–H groups in total. The Kier molecular flexibility index (Phi) is 6.38. The van der Waals surface area contributed by atoms with Crippen molar-refractivity contribution >= 4 is 12.1 Å².